The summed E-state index contributed by atoms with van der Waals surface area (Å²) in [5.41, 5.74) is 3.19. The zero-order chi connectivity index (χ0) is 18.1. The fourth-order valence-corrected chi connectivity index (χ4v) is 3.56. The molecule has 0 heterocycles. The normalized spacial score (nSPS) is 12.1. The molecule has 0 aliphatic heterocycles. The van der Waals surface area contributed by atoms with Crippen molar-refractivity contribution < 1.29 is 14.2 Å². The van der Waals surface area contributed by atoms with Crippen molar-refractivity contribution in [3.8, 4) is 0 Å². The Bertz CT molecular complexity index is 747. The number of nitrogens with zero attached hydrogens (tertiary/aromatic N) is 1. The number of hydrogen-bond acceptors (Lipinski definition) is 3. The molecule has 132 valence electrons. The summed E-state index contributed by atoms with van der Waals surface area (Å²) in [7, 11) is -1.35. The summed E-state index contributed by atoms with van der Waals surface area (Å²) in [6, 6.07) is 16.9. The molecule has 1 amide bonds. The number of para-hydroxylation sites is 1. The highest BCUT2D eigenvalue weighted by Gasteiger charge is 2.15. The molecule has 0 saturated carbocycles. The van der Waals surface area contributed by atoms with Gasteiger partial charge in [0, 0.05) is 18.3 Å². The van der Waals surface area contributed by atoms with E-state index in [0.29, 0.717) is 11.4 Å². The quantitative estimate of drug-likeness (QED) is 0.431. The van der Waals surface area contributed by atoms with Crippen LogP contribution in [0.5, 0.6) is 0 Å². The van der Waals surface area contributed by atoms with Crippen molar-refractivity contribution >= 4 is 28.7 Å². The summed E-state index contributed by atoms with van der Waals surface area (Å²) >= 11 is 0. The van der Waals surface area contributed by atoms with E-state index in [1.54, 1.807) is 35.8 Å². The molecule has 1 unspecified atom stereocenters. The molecule has 2 rings (SSSR count). The molecule has 2 aromatic rings. The lowest BCUT2D eigenvalue weighted by Crippen LogP contribution is -2.27. The van der Waals surface area contributed by atoms with Crippen molar-refractivity contribution in [2.45, 2.75) is 24.7 Å². The highest BCUT2D eigenvalue weighted by atomic mass is 32.2. The molecule has 0 bridgehead atoms. The molecular formula is C19H22N2O3S. The molecule has 0 fully saturated rings. The highest BCUT2D eigenvalue weighted by molar-refractivity contribution is 7.86. The number of anilines is 1. The lowest BCUT2D eigenvalue weighted by Gasteiger charge is -2.23. The third-order valence-electron chi connectivity index (χ3n) is 3.56. The summed E-state index contributed by atoms with van der Waals surface area (Å²) in [6.45, 7) is 2.80. The molecule has 5 nitrogen and oxygen atoms in total. The number of nitrogens with one attached hydrogen (secondary N) is 1. The Balaban J connectivity index is 2.26. The van der Waals surface area contributed by atoms with Crippen LogP contribution in [0.4, 0.5) is 5.69 Å². The molecule has 0 radical (unpaired) electrons. The fourth-order valence-electron chi connectivity index (χ4n) is 2.27. The van der Waals surface area contributed by atoms with Crippen LogP contribution in [0.25, 0.3) is 6.08 Å². The van der Waals surface area contributed by atoms with Crippen LogP contribution >= 0.6 is 0 Å². The lowest BCUT2D eigenvalue weighted by molar-refractivity contribution is -0.124. The summed E-state index contributed by atoms with van der Waals surface area (Å²) in [5, 5.41) is 8.53. The van der Waals surface area contributed by atoms with Crippen LogP contribution in [-0.2, 0) is 15.8 Å². The Labute approximate surface area is 150 Å². The number of amides is 1. The summed E-state index contributed by atoms with van der Waals surface area (Å²) in [5.74, 6) is -0.611. The predicted molar refractivity (Wildman–Crippen MR) is 101 cm³/mol. The van der Waals surface area contributed by atoms with Gasteiger partial charge < -0.3 is 0 Å². The maximum absolute atomic E-state index is 13.1. The van der Waals surface area contributed by atoms with Gasteiger partial charge in [0.2, 0.25) is 0 Å². The molecule has 0 aliphatic rings. The first-order valence-electron chi connectivity index (χ1n) is 8.12. The standard InChI is InChI=1S/C19H22N2O3S/c1-2-3-14-21(17-9-5-4-6-10-17)25(24)18-11-7-8-16(15-18)12-13-19(22)20-23/h4-13,15,23H,2-3,14H2,1H3,(H,20,22)/b13-12+. The van der Waals surface area contributed by atoms with Crippen LogP contribution < -0.4 is 9.79 Å². The van der Waals surface area contributed by atoms with Gasteiger partial charge in [-0.05, 0) is 42.3 Å². The highest BCUT2D eigenvalue weighted by Crippen LogP contribution is 2.22. The van der Waals surface area contributed by atoms with Crippen LogP contribution in [0.2, 0.25) is 0 Å². The Kier molecular flexibility index (Phi) is 7.37. The maximum atomic E-state index is 13.1. The second-order valence-electron chi connectivity index (χ2n) is 5.42. The topological polar surface area (TPSA) is 69.6 Å². The average Bonchev–Trinajstić information content (AvgIpc) is 2.67. The Morgan fingerprint density at radius 3 is 2.64 bits per heavy atom. The third kappa shape index (κ3) is 5.55. The van der Waals surface area contributed by atoms with Crippen LogP contribution in [0.15, 0.2) is 65.6 Å². The van der Waals surface area contributed by atoms with Gasteiger partial charge in [0.25, 0.3) is 5.91 Å². The van der Waals surface area contributed by atoms with Gasteiger partial charge in [-0.15, -0.1) is 0 Å². The molecule has 1 atom stereocenters. The second kappa shape index (κ2) is 9.76. The van der Waals surface area contributed by atoms with Crippen molar-refractivity contribution in [2.24, 2.45) is 0 Å². The van der Waals surface area contributed by atoms with E-state index in [-0.39, 0.29) is 0 Å². The number of benzene rings is 2. The van der Waals surface area contributed by atoms with Crippen molar-refractivity contribution in [1.82, 2.24) is 5.48 Å². The molecule has 0 aliphatic carbocycles. The average molecular weight is 358 g/mol. The first-order valence-corrected chi connectivity index (χ1v) is 9.23. The van der Waals surface area contributed by atoms with E-state index < -0.39 is 16.9 Å². The number of hydroxylamine groups is 1. The van der Waals surface area contributed by atoms with Crippen LogP contribution in [0, 0.1) is 0 Å². The molecule has 2 aromatic carbocycles. The first kappa shape index (κ1) is 18.9. The molecule has 25 heavy (non-hydrogen) atoms. The Hall–Kier alpha value is -2.44. The first-order chi connectivity index (χ1) is 12.2. The molecule has 2 N–H and O–H groups in total. The van der Waals surface area contributed by atoms with E-state index in [1.807, 2.05) is 34.6 Å². The minimum Gasteiger partial charge on any atom is -0.288 e. The largest absolute Gasteiger partial charge is 0.288 e. The van der Waals surface area contributed by atoms with Crippen molar-refractivity contribution in [3.63, 3.8) is 0 Å². The van der Waals surface area contributed by atoms with Crippen LogP contribution in [0.1, 0.15) is 25.3 Å². The van der Waals surface area contributed by atoms with Crippen molar-refractivity contribution in [2.75, 3.05) is 10.8 Å². The number of unbranched alkanes of at least 4 members (excludes halogenated alkanes) is 1. The summed E-state index contributed by atoms with van der Waals surface area (Å²) in [6.07, 6.45) is 4.73. The van der Waals surface area contributed by atoms with Gasteiger partial charge in [0.15, 0.2) is 11.0 Å². The molecule has 0 saturated heterocycles. The van der Waals surface area contributed by atoms with Crippen LogP contribution in [0.3, 0.4) is 0 Å². The van der Waals surface area contributed by atoms with Crippen molar-refractivity contribution in [1.29, 1.82) is 0 Å². The molecular weight excluding hydrogens is 336 g/mol. The lowest BCUT2D eigenvalue weighted by atomic mass is 10.2. The van der Waals surface area contributed by atoms with E-state index in [1.165, 1.54) is 6.08 Å². The van der Waals surface area contributed by atoms with Crippen LogP contribution in [-0.4, -0.2) is 21.9 Å². The van der Waals surface area contributed by atoms with E-state index in [2.05, 4.69) is 6.92 Å². The SMILES string of the molecule is CCCCN(c1ccccc1)S(=O)c1cccc(/C=C/C(=O)NO)c1. The van der Waals surface area contributed by atoms with Gasteiger partial charge in [0.05, 0.1) is 4.90 Å². The van der Waals surface area contributed by atoms with E-state index in [0.717, 1.165) is 24.1 Å². The maximum Gasteiger partial charge on any atom is 0.267 e. The van der Waals surface area contributed by atoms with Gasteiger partial charge in [-0.1, -0.05) is 43.7 Å². The minimum atomic E-state index is -1.35. The minimum absolute atomic E-state index is 0.611. The monoisotopic (exact) mass is 358 g/mol. The fraction of sp³-hybridized carbons (Fsp3) is 0.211. The van der Waals surface area contributed by atoms with E-state index >= 15 is 0 Å². The summed E-state index contributed by atoms with van der Waals surface area (Å²) in [4.78, 5) is 11.8. The number of hydrogen-bond donors (Lipinski definition) is 2. The zero-order valence-electron chi connectivity index (χ0n) is 14.1. The number of carbonyl (C=O) groups is 1. The van der Waals surface area contributed by atoms with E-state index in [9.17, 15) is 9.00 Å². The molecule has 0 aromatic heterocycles. The molecule has 0 spiro atoms. The van der Waals surface area contributed by atoms with E-state index in [4.69, 9.17) is 5.21 Å². The Morgan fingerprint density at radius 2 is 1.96 bits per heavy atom. The predicted octanol–water partition coefficient (Wildman–Crippen LogP) is 3.53. The zero-order valence-corrected chi connectivity index (χ0v) is 14.9. The van der Waals surface area contributed by atoms with Crippen molar-refractivity contribution in [3.05, 3.63) is 66.2 Å². The Morgan fingerprint density at radius 1 is 1.20 bits per heavy atom. The van der Waals surface area contributed by atoms with Gasteiger partial charge in [-0.25, -0.2) is 9.69 Å². The second-order valence-corrected chi connectivity index (χ2v) is 6.83. The van der Waals surface area contributed by atoms with Gasteiger partial charge in [-0.2, -0.15) is 0 Å². The smallest absolute Gasteiger partial charge is 0.267 e. The van der Waals surface area contributed by atoms with Gasteiger partial charge >= 0.3 is 0 Å². The third-order valence-corrected chi connectivity index (χ3v) is 5.01. The number of rotatable bonds is 8. The summed E-state index contributed by atoms with van der Waals surface area (Å²) < 4.78 is 15.0. The van der Waals surface area contributed by atoms with Gasteiger partial charge in [-0.3, -0.25) is 14.3 Å². The number of carbonyl (C=O) groups excluding carboxylic acids is 1. The van der Waals surface area contributed by atoms with Gasteiger partial charge in [0.1, 0.15) is 0 Å². The molecule has 6 heteroatoms.